The Hall–Kier alpha value is -2.69. The largest absolute Gasteiger partial charge is 0.492 e. The highest BCUT2D eigenvalue weighted by molar-refractivity contribution is 7.89. The fraction of sp³-hybridized carbons (Fsp3) is 0.440. The minimum Gasteiger partial charge on any atom is -0.492 e. The van der Waals surface area contributed by atoms with E-state index in [2.05, 4.69) is 4.90 Å². The zero-order chi connectivity index (χ0) is 25.0. The number of sulfonamides is 1. The number of fused-ring (bicyclic) bond motifs is 1. The molecule has 1 saturated heterocycles. The Morgan fingerprint density at radius 3 is 2.46 bits per heavy atom. The van der Waals surface area contributed by atoms with Crippen molar-refractivity contribution in [2.75, 3.05) is 51.3 Å². The highest BCUT2D eigenvalue weighted by Gasteiger charge is 2.25. The van der Waals surface area contributed by atoms with Gasteiger partial charge in [-0.2, -0.15) is 0 Å². The minimum atomic E-state index is -3.55. The van der Waals surface area contributed by atoms with Gasteiger partial charge in [-0.1, -0.05) is 30.7 Å². The van der Waals surface area contributed by atoms with Crippen LogP contribution < -0.4 is 9.64 Å². The monoisotopic (exact) mass is 516 g/mol. The van der Waals surface area contributed by atoms with E-state index in [9.17, 15) is 13.2 Å². The lowest BCUT2D eigenvalue weighted by Crippen LogP contribution is -2.48. The molecule has 1 amide bonds. The molecule has 188 valence electrons. The first-order valence-electron chi connectivity index (χ1n) is 12.0. The first-order valence-corrected chi connectivity index (χ1v) is 14.2. The lowest BCUT2D eigenvalue weighted by molar-refractivity contribution is 0.0746. The van der Waals surface area contributed by atoms with Crippen LogP contribution in [0.1, 0.15) is 37.0 Å². The molecule has 2 aromatic carbocycles. The average Bonchev–Trinajstić information content (AvgIpc) is 3.32. The van der Waals surface area contributed by atoms with E-state index >= 15 is 0 Å². The first-order chi connectivity index (χ1) is 16.8. The summed E-state index contributed by atoms with van der Waals surface area (Å²) in [6.45, 7) is 7.58. The van der Waals surface area contributed by atoms with E-state index in [1.807, 2.05) is 36.9 Å². The molecule has 0 radical (unpaired) electrons. The molecular weight excluding hydrogens is 484 g/mol. The van der Waals surface area contributed by atoms with Gasteiger partial charge in [0.05, 0.1) is 16.2 Å². The molecule has 10 heteroatoms. The molecule has 0 saturated carbocycles. The van der Waals surface area contributed by atoms with Crippen molar-refractivity contribution >= 4 is 42.6 Å². The van der Waals surface area contributed by atoms with Gasteiger partial charge in [0, 0.05) is 45.3 Å². The normalized spacial score (nSPS) is 14.6. The molecule has 1 aromatic heterocycles. The van der Waals surface area contributed by atoms with Crippen LogP contribution in [0.3, 0.4) is 0 Å². The third kappa shape index (κ3) is 5.44. The summed E-state index contributed by atoms with van der Waals surface area (Å²) >= 11 is 1.63. The van der Waals surface area contributed by atoms with Crippen LogP contribution >= 0.6 is 11.3 Å². The van der Waals surface area contributed by atoms with Crippen LogP contribution in [0.15, 0.2) is 47.4 Å². The van der Waals surface area contributed by atoms with Crippen molar-refractivity contribution in [3.05, 3.63) is 48.0 Å². The molecule has 4 rings (SSSR count). The number of para-hydroxylation sites is 1. The molecule has 1 aliphatic heterocycles. The van der Waals surface area contributed by atoms with Gasteiger partial charge in [0.15, 0.2) is 5.13 Å². The van der Waals surface area contributed by atoms with Crippen molar-refractivity contribution in [1.82, 2.24) is 14.2 Å². The van der Waals surface area contributed by atoms with E-state index in [1.54, 1.807) is 30.5 Å². The number of carbonyl (C=O) groups is 1. The number of rotatable bonds is 9. The molecule has 2 heterocycles. The number of carbonyl (C=O) groups excluding carboxylic acids is 1. The molecule has 0 unspecified atom stereocenters. The van der Waals surface area contributed by atoms with Gasteiger partial charge in [-0.15, -0.1) is 0 Å². The summed E-state index contributed by atoms with van der Waals surface area (Å²) in [4.78, 5) is 22.1. The Labute approximate surface area is 211 Å². The highest BCUT2D eigenvalue weighted by Crippen LogP contribution is 2.34. The maximum atomic E-state index is 13.1. The summed E-state index contributed by atoms with van der Waals surface area (Å²) in [5.41, 5.74) is 1.37. The summed E-state index contributed by atoms with van der Waals surface area (Å²) in [7, 11) is -1.96. The van der Waals surface area contributed by atoms with Crippen molar-refractivity contribution in [3.63, 3.8) is 0 Å². The maximum Gasteiger partial charge on any atom is 0.253 e. The Morgan fingerprint density at radius 1 is 1.09 bits per heavy atom. The van der Waals surface area contributed by atoms with Crippen LogP contribution in [0.5, 0.6) is 5.75 Å². The summed E-state index contributed by atoms with van der Waals surface area (Å²) in [6, 6.07) is 12.2. The number of benzene rings is 2. The van der Waals surface area contributed by atoms with Gasteiger partial charge in [0.2, 0.25) is 10.0 Å². The molecule has 0 N–H and O–H groups in total. The zero-order valence-corrected chi connectivity index (χ0v) is 22.1. The van der Waals surface area contributed by atoms with E-state index in [0.29, 0.717) is 44.9 Å². The highest BCUT2D eigenvalue weighted by atomic mass is 32.2. The number of nitrogens with zero attached hydrogens (tertiary/aromatic N) is 4. The van der Waals surface area contributed by atoms with Crippen molar-refractivity contribution < 1.29 is 17.9 Å². The smallest absolute Gasteiger partial charge is 0.253 e. The first kappa shape index (κ1) is 25.4. The van der Waals surface area contributed by atoms with Crippen LogP contribution in [-0.4, -0.2) is 74.9 Å². The molecule has 0 atom stereocenters. The van der Waals surface area contributed by atoms with Gasteiger partial charge in [0.1, 0.15) is 11.3 Å². The van der Waals surface area contributed by atoms with Crippen LogP contribution in [0.4, 0.5) is 5.13 Å². The number of hydrogen-bond donors (Lipinski definition) is 0. The van der Waals surface area contributed by atoms with E-state index < -0.39 is 10.0 Å². The quantitative estimate of drug-likeness (QED) is 0.426. The lowest BCUT2D eigenvalue weighted by Gasteiger charge is -2.34. The van der Waals surface area contributed by atoms with Crippen molar-refractivity contribution in [2.45, 2.75) is 31.6 Å². The van der Waals surface area contributed by atoms with Gasteiger partial charge in [-0.05, 0) is 49.7 Å². The maximum absolute atomic E-state index is 13.1. The van der Waals surface area contributed by atoms with Crippen LogP contribution in [0.25, 0.3) is 10.2 Å². The molecular formula is C25H32N4O4S2. The molecule has 35 heavy (non-hydrogen) atoms. The van der Waals surface area contributed by atoms with Gasteiger partial charge >= 0.3 is 0 Å². The van der Waals surface area contributed by atoms with E-state index in [-0.39, 0.29) is 10.8 Å². The van der Waals surface area contributed by atoms with Gasteiger partial charge < -0.3 is 14.5 Å². The van der Waals surface area contributed by atoms with Crippen LogP contribution in [-0.2, 0) is 10.0 Å². The fourth-order valence-electron chi connectivity index (χ4n) is 4.05. The number of aromatic nitrogens is 1. The lowest BCUT2D eigenvalue weighted by atomic mass is 10.2. The number of unbranched alkanes of at least 4 members (excludes halogenated alkanes) is 1. The third-order valence-electron chi connectivity index (χ3n) is 6.14. The fourth-order valence-corrected chi connectivity index (χ4v) is 6.30. The molecule has 0 bridgehead atoms. The molecule has 0 spiro atoms. The predicted octanol–water partition coefficient (Wildman–Crippen LogP) is 4.08. The molecule has 0 aliphatic carbocycles. The molecule has 1 aliphatic rings. The SMILES string of the molecule is CCCCN(C)S(=O)(=O)c1ccc(C(=O)N2CCN(c3nc4c(OCC)cccc4s3)CC2)cc1. The van der Waals surface area contributed by atoms with Crippen molar-refractivity contribution in [3.8, 4) is 5.75 Å². The van der Waals surface area contributed by atoms with Gasteiger partial charge in [0.25, 0.3) is 5.91 Å². The standard InChI is InChI=1S/C25H32N4O4S2/c1-4-6-14-27(3)35(31,32)20-12-10-19(11-13-20)24(30)28-15-17-29(18-16-28)25-26-23-21(33-5-2)8-7-9-22(23)34-25/h7-13H,4-6,14-18H2,1-3H3. The Bertz CT molecular complexity index is 1270. The minimum absolute atomic E-state index is 0.0872. The topological polar surface area (TPSA) is 83.1 Å². The van der Waals surface area contributed by atoms with E-state index in [1.165, 1.54) is 16.4 Å². The second kappa shape index (κ2) is 10.9. The number of ether oxygens (including phenoxy) is 1. The van der Waals surface area contributed by atoms with Crippen molar-refractivity contribution in [1.29, 1.82) is 0 Å². The predicted molar refractivity (Wildman–Crippen MR) is 140 cm³/mol. The van der Waals surface area contributed by atoms with Gasteiger partial charge in [-0.25, -0.2) is 17.7 Å². The number of piperazine rings is 1. The Balaban J connectivity index is 1.39. The number of hydrogen-bond acceptors (Lipinski definition) is 7. The summed E-state index contributed by atoms with van der Waals surface area (Å²) in [6.07, 6.45) is 1.73. The Kier molecular flexibility index (Phi) is 7.93. The number of thiazole rings is 1. The van der Waals surface area contributed by atoms with E-state index in [4.69, 9.17) is 9.72 Å². The van der Waals surface area contributed by atoms with Crippen LogP contribution in [0.2, 0.25) is 0 Å². The van der Waals surface area contributed by atoms with Crippen molar-refractivity contribution in [2.24, 2.45) is 0 Å². The van der Waals surface area contributed by atoms with Gasteiger partial charge in [-0.3, -0.25) is 4.79 Å². The summed E-state index contributed by atoms with van der Waals surface area (Å²) in [5, 5.41) is 0.931. The van der Waals surface area contributed by atoms with Crippen LogP contribution in [0, 0.1) is 0 Å². The number of anilines is 1. The molecule has 1 fully saturated rings. The van der Waals surface area contributed by atoms with E-state index in [0.717, 1.165) is 33.9 Å². The average molecular weight is 517 g/mol. The summed E-state index contributed by atoms with van der Waals surface area (Å²) < 4.78 is 33.6. The second-order valence-electron chi connectivity index (χ2n) is 8.52. The summed E-state index contributed by atoms with van der Waals surface area (Å²) in [5.74, 6) is 0.708. The third-order valence-corrected chi connectivity index (χ3v) is 9.10. The Morgan fingerprint density at radius 2 is 1.80 bits per heavy atom. The number of amides is 1. The second-order valence-corrected chi connectivity index (χ2v) is 11.6. The molecule has 3 aromatic rings. The molecule has 8 nitrogen and oxygen atoms in total. The zero-order valence-electron chi connectivity index (χ0n) is 20.4.